The van der Waals surface area contributed by atoms with E-state index in [1.54, 1.807) is 27.7 Å². The average molecular weight is 1310 g/mol. The minimum Gasteiger partial charge on any atom is -0.343 e. The predicted molar refractivity (Wildman–Crippen MR) is 336 cm³/mol. The van der Waals surface area contributed by atoms with Crippen LogP contribution in [0.4, 0.5) is 13.2 Å². The molecule has 26 heteroatoms. The molecule has 514 valence electrons. The molecule has 3 aliphatic heterocycles. The summed E-state index contributed by atoms with van der Waals surface area (Å²) in [5, 5.41) is 7.56. The Morgan fingerprint density at radius 2 is 1.15 bits per heavy atom. The molecule has 91 heavy (non-hydrogen) atoms. The second-order valence-corrected chi connectivity index (χ2v) is 28.5. The Labute approximate surface area is 541 Å². The number of nitrogens with one attached hydrogen (secondary N) is 3. The molecule has 0 aromatic rings. The van der Waals surface area contributed by atoms with E-state index >= 15 is 14.4 Å². The van der Waals surface area contributed by atoms with E-state index < -0.39 is 160 Å². The lowest BCUT2D eigenvalue weighted by Crippen LogP contribution is -2.65. The smallest absolute Gasteiger partial charge is 0.343 e. The van der Waals surface area contributed by atoms with Gasteiger partial charge < -0.3 is 55.1 Å². The normalized spacial score (nSPS) is 32.6. The van der Waals surface area contributed by atoms with Crippen LogP contribution < -0.4 is 16.0 Å². The van der Waals surface area contributed by atoms with Crippen LogP contribution in [0, 0.1) is 29.6 Å². The first-order valence-electron chi connectivity index (χ1n) is 33.4. The van der Waals surface area contributed by atoms with Crippen molar-refractivity contribution in [3.05, 3.63) is 0 Å². The van der Waals surface area contributed by atoms with Crippen LogP contribution in [0.2, 0.25) is 0 Å². The Morgan fingerprint density at radius 3 is 1.73 bits per heavy atom. The average Bonchev–Trinajstić information content (AvgIpc) is 1.77. The molecule has 14 atom stereocenters. The minimum absolute atomic E-state index is 0.0135. The van der Waals surface area contributed by atoms with E-state index in [1.807, 2.05) is 6.92 Å². The van der Waals surface area contributed by atoms with Crippen LogP contribution in [0.15, 0.2) is 0 Å². The summed E-state index contributed by atoms with van der Waals surface area (Å²) in [6, 6.07) is -10.9. The summed E-state index contributed by atoms with van der Waals surface area (Å²) < 4.78 is 41.9. The molecule has 0 aromatic carbocycles. The van der Waals surface area contributed by atoms with E-state index in [-0.39, 0.29) is 95.6 Å². The highest BCUT2D eigenvalue weighted by molar-refractivity contribution is 6.20. The van der Waals surface area contributed by atoms with Crippen molar-refractivity contribution in [3.63, 3.8) is 0 Å². The van der Waals surface area contributed by atoms with Gasteiger partial charge >= 0.3 is 6.18 Å². The number of amides is 11. The van der Waals surface area contributed by atoms with Crippen LogP contribution in [0.1, 0.15) is 184 Å². The lowest BCUT2D eigenvalue weighted by molar-refractivity contribution is -0.182. The van der Waals surface area contributed by atoms with Crippen molar-refractivity contribution in [1.29, 1.82) is 0 Å². The highest BCUT2D eigenvalue weighted by atomic mass is 35.5. The molecule has 6 rings (SSSR count). The van der Waals surface area contributed by atoms with E-state index in [1.165, 1.54) is 102 Å². The van der Waals surface area contributed by atoms with E-state index in [9.17, 15) is 51.5 Å². The fourth-order valence-corrected chi connectivity index (χ4v) is 15.0. The first-order chi connectivity index (χ1) is 42.6. The van der Waals surface area contributed by atoms with Gasteiger partial charge in [-0.15, -0.1) is 11.6 Å². The van der Waals surface area contributed by atoms with Crippen molar-refractivity contribution in [3.8, 4) is 0 Å². The lowest BCUT2D eigenvalue weighted by atomic mass is 9.78. The summed E-state index contributed by atoms with van der Waals surface area (Å²) in [7, 11) is 8.85. The molecule has 6 aliphatic rings. The third kappa shape index (κ3) is 17.0. The van der Waals surface area contributed by atoms with Crippen LogP contribution in [0.5, 0.6) is 0 Å². The lowest BCUT2D eigenvalue weighted by Gasteiger charge is -2.45. The number of nitrogens with zero attached hydrogens (tertiary/aromatic N) is 8. The molecule has 1 spiro atoms. The minimum atomic E-state index is -4.49. The number of rotatable bonds is 8. The molecule has 3 N–H and O–H groups in total. The molecule has 22 nitrogen and oxygen atoms in total. The molecule has 3 saturated heterocycles. The van der Waals surface area contributed by atoms with Gasteiger partial charge in [0.25, 0.3) is 0 Å². The molecule has 3 unspecified atom stereocenters. The maximum Gasteiger partial charge on any atom is 0.393 e. The quantitative estimate of drug-likeness (QED) is 0.258. The monoisotopic (exact) mass is 1310 g/mol. The molecule has 3 heterocycles. The van der Waals surface area contributed by atoms with Gasteiger partial charge in [0.2, 0.25) is 65.0 Å². The molecule has 11 amide bonds. The standard InChI is InChI=1S/C65H105ClF3N11O11/c1-15-38(4)52-61(89)76(12)42(8)57(85)80-33-29-49(80)59(87)77(13)50(36-43-22-17-16-18-23-43)60(88)75(11)41(7)54(82)70-47(28-26-44-25-27-45(46(66)35-44)65(67,68)69)58(86)79-32-21-24-48(79)56(84)72-64(30-19-20-31-64)63(91)78(14)53(37(2)3)62(90)73(9)39(5)34-51(81)74(10)40(6)55(83)71-52/h37-50,52-53H,15-36H2,1-14H3,(H,70,82)(H,71,83)(H,72,84)/t38-,39+,40-,41+,42-,44?,45?,46?,47-,48-,49-,50-,52-,53-/m0/s1. The zero-order valence-corrected chi connectivity index (χ0v) is 57.1. The summed E-state index contributed by atoms with van der Waals surface area (Å²) in [5.41, 5.74) is -1.48. The zero-order valence-electron chi connectivity index (χ0n) is 56.4. The summed E-state index contributed by atoms with van der Waals surface area (Å²) in [6.45, 7) is 13.7. The molecular weight excluding hydrogens is 1200 g/mol. The van der Waals surface area contributed by atoms with Crippen molar-refractivity contribution in [2.45, 2.75) is 261 Å². The third-order valence-corrected chi connectivity index (χ3v) is 22.1. The van der Waals surface area contributed by atoms with Crippen LogP contribution in [0.25, 0.3) is 0 Å². The fraction of sp³-hybridized carbons (Fsp3) is 0.831. The number of likely N-dealkylation sites (N-methyl/N-ethyl adjacent to an activating group) is 6. The Morgan fingerprint density at radius 1 is 0.560 bits per heavy atom. The van der Waals surface area contributed by atoms with Gasteiger partial charge in [0.1, 0.15) is 59.9 Å². The number of fused-ring (bicyclic) bond motifs is 2. The molecule has 6 fully saturated rings. The third-order valence-electron chi connectivity index (χ3n) is 21.6. The van der Waals surface area contributed by atoms with Gasteiger partial charge in [-0.3, -0.25) is 52.7 Å². The van der Waals surface area contributed by atoms with Crippen molar-refractivity contribution in [2.75, 3.05) is 55.4 Å². The Bertz CT molecular complexity index is 2660. The first kappa shape index (κ1) is 74.3. The van der Waals surface area contributed by atoms with Crippen LogP contribution in [-0.2, 0) is 52.7 Å². The second-order valence-electron chi connectivity index (χ2n) is 27.9. The topological polar surface area (TPSA) is 250 Å². The van der Waals surface area contributed by atoms with Gasteiger partial charge in [-0.25, -0.2) is 0 Å². The van der Waals surface area contributed by atoms with Gasteiger partial charge in [-0.2, -0.15) is 13.2 Å². The Hall–Kier alpha value is -5.75. The van der Waals surface area contributed by atoms with Crippen LogP contribution in [0.3, 0.4) is 0 Å². The van der Waals surface area contributed by atoms with E-state index in [2.05, 4.69) is 16.0 Å². The molecule has 3 saturated carbocycles. The largest absolute Gasteiger partial charge is 0.393 e. The Balaban J connectivity index is 1.37. The summed E-state index contributed by atoms with van der Waals surface area (Å²) in [6.07, 6.45) is 2.98. The summed E-state index contributed by atoms with van der Waals surface area (Å²) in [4.78, 5) is 172. The molecular formula is C65H105ClF3N11O11. The number of carbonyl (C=O) groups excluding carboxylic acids is 11. The Kier molecular flexibility index (Phi) is 25.7. The van der Waals surface area contributed by atoms with Gasteiger partial charge in [-0.05, 0) is 122 Å². The van der Waals surface area contributed by atoms with Crippen molar-refractivity contribution in [2.24, 2.45) is 29.6 Å². The summed E-state index contributed by atoms with van der Waals surface area (Å²) >= 11 is 6.39. The number of hydrogen-bond donors (Lipinski definition) is 3. The molecule has 0 aromatic heterocycles. The van der Waals surface area contributed by atoms with E-state index in [0.29, 0.717) is 25.7 Å². The number of carbonyl (C=O) groups is 11. The number of hydrogen-bond acceptors (Lipinski definition) is 11. The predicted octanol–water partition coefficient (Wildman–Crippen LogP) is 5.46. The maximum absolute atomic E-state index is 15.2. The van der Waals surface area contributed by atoms with Gasteiger partial charge in [0.05, 0.1) is 5.92 Å². The molecule has 3 aliphatic carbocycles. The number of alkyl halides is 4. The first-order valence-corrected chi connectivity index (χ1v) is 33.9. The van der Waals surface area contributed by atoms with Gasteiger partial charge in [0.15, 0.2) is 0 Å². The van der Waals surface area contributed by atoms with Crippen LogP contribution in [-0.4, -0.2) is 237 Å². The molecule has 0 radical (unpaired) electrons. The van der Waals surface area contributed by atoms with E-state index in [0.717, 1.165) is 32.1 Å². The SMILES string of the molecule is CC[C@H](C)[C@@H]1NC(=O)[C@H](C)N(C)C(=O)C[C@@H](C)N(C)C(=O)[C@H](C(C)C)N(C)C(=O)C2(CCCC2)NC(=O)[C@@H]2CCCN2C(=O)[C@H](CCC2CCC(C(F)(F)F)C(Cl)C2)NC(=O)[C@@H](C)N(C)C(=O)[C@H](CC2CCCCC2)N(C)C(=O)[C@@H]2CCN2C(=O)[C@H](C)N(C)C1=O. The van der Waals surface area contributed by atoms with Crippen LogP contribution >= 0.6 is 11.6 Å². The highest BCUT2D eigenvalue weighted by Crippen LogP contribution is 2.44. The molecule has 0 bridgehead atoms. The van der Waals surface area contributed by atoms with Crippen molar-refractivity contribution >= 4 is 76.6 Å². The van der Waals surface area contributed by atoms with E-state index in [4.69, 9.17) is 11.6 Å². The zero-order chi connectivity index (χ0) is 67.9. The fourth-order valence-electron chi connectivity index (χ4n) is 14.5. The maximum atomic E-state index is 15.2. The van der Waals surface area contributed by atoms with Crippen molar-refractivity contribution in [1.82, 2.24) is 55.1 Å². The second kappa shape index (κ2) is 31.5. The highest BCUT2D eigenvalue weighted by Gasteiger charge is 2.52. The van der Waals surface area contributed by atoms with Gasteiger partial charge in [0, 0.05) is 73.2 Å². The van der Waals surface area contributed by atoms with Crippen molar-refractivity contribution < 1.29 is 65.9 Å². The number of halogens is 4. The van der Waals surface area contributed by atoms with Gasteiger partial charge in [-0.1, -0.05) is 79.1 Å². The summed E-state index contributed by atoms with van der Waals surface area (Å²) in [5.74, 6) is -9.22.